The second kappa shape index (κ2) is 58.8. The van der Waals surface area contributed by atoms with E-state index in [0.29, 0.717) is 121 Å². The molecule has 4 aromatic carbocycles. The second-order valence-corrected chi connectivity index (χ2v) is 44.8. The van der Waals surface area contributed by atoms with Crippen molar-refractivity contribution >= 4 is 116 Å². The third-order valence-corrected chi connectivity index (χ3v) is 25.9. The van der Waals surface area contributed by atoms with E-state index in [2.05, 4.69) is 100 Å². The van der Waals surface area contributed by atoms with Crippen molar-refractivity contribution in [2.24, 2.45) is 23.6 Å². The summed E-state index contributed by atoms with van der Waals surface area (Å²) in [4.78, 5) is 86.4. The molecule has 0 aliphatic heterocycles. The summed E-state index contributed by atoms with van der Waals surface area (Å²) >= 11 is 19.9. The van der Waals surface area contributed by atoms with Crippen molar-refractivity contribution in [3.8, 4) is 21.5 Å². The van der Waals surface area contributed by atoms with Gasteiger partial charge in [0.2, 0.25) is 23.0 Å². The van der Waals surface area contributed by atoms with Crippen LogP contribution in [-0.2, 0) is 91.5 Å². The van der Waals surface area contributed by atoms with Gasteiger partial charge in [0.05, 0.1) is 66.8 Å². The monoisotopic (exact) mass is 2110 g/mol. The van der Waals surface area contributed by atoms with Crippen LogP contribution in [0.4, 0.5) is 0 Å². The van der Waals surface area contributed by atoms with Gasteiger partial charge in [0.25, 0.3) is 5.24 Å². The molecule has 36 heteroatoms. The zero-order valence-corrected chi connectivity index (χ0v) is 93.1. The van der Waals surface area contributed by atoms with Gasteiger partial charge in [-0.3, -0.25) is 29.8 Å². The Hall–Kier alpha value is -8.87. The minimum absolute atomic E-state index is 0. The SMILES string of the molecule is CC(C)(C)OC(=O)C[C@H](CCCOCc1ccccc1)c1noc(C(=O)Cl)c1C1CC1.CC(C)(C)OC(=O)C[C@H](CCCOCc1ccccc1)c1noc(C(=O)O)c1C1CC1.CC(C)CC(=S)NN.CC(C)Cc1nnc(-c2onc([C@@H](CCCOCc3ccccc3)CC(=O)OC(C)(C)C)c2C2CC2)s1.Cc1ccc(CC(=O)C[C@H](CCC(=O)[O-])c2noc(-c3nnc(CC(C)C)s3)c2C2CC2)c(Cl)c1.Cl.[Na+]. The van der Waals surface area contributed by atoms with Crippen molar-refractivity contribution in [2.45, 2.75) is 349 Å². The van der Waals surface area contributed by atoms with Crippen molar-refractivity contribution in [1.29, 1.82) is 0 Å². The third-order valence-electron chi connectivity index (χ3n) is 23.3. The number of ether oxygens (including phenoxy) is 6. The van der Waals surface area contributed by atoms with Crippen molar-refractivity contribution in [3.05, 3.63) is 209 Å². The molecule has 0 amide bonds. The molecule has 4 aliphatic rings. The molecule has 0 saturated heterocycles. The van der Waals surface area contributed by atoms with Gasteiger partial charge < -0.3 is 66.9 Å². The summed E-state index contributed by atoms with van der Waals surface area (Å²) in [5.74, 6) is 4.81. The Labute approximate surface area is 898 Å². The van der Waals surface area contributed by atoms with E-state index in [1.807, 2.05) is 166 Å². The van der Waals surface area contributed by atoms with Gasteiger partial charge >= 0.3 is 53.4 Å². The number of aromatic nitrogens is 8. The number of hydrogen-bond donors (Lipinski definition) is 3. The number of nitrogens with two attached hydrogens (primary N) is 1. The maximum absolute atomic E-state index is 13.1. The molecule has 0 unspecified atom stereocenters. The molecule has 144 heavy (non-hydrogen) atoms. The fourth-order valence-corrected chi connectivity index (χ4v) is 19.3. The Bertz CT molecular complexity index is 5550. The van der Waals surface area contributed by atoms with E-state index in [1.54, 1.807) is 11.3 Å². The quantitative estimate of drug-likeness (QED) is 0.00466. The van der Waals surface area contributed by atoms with Gasteiger partial charge in [0.15, 0.2) is 10.0 Å². The molecular weight excluding hydrogens is 1970 g/mol. The number of nitrogens with one attached hydrogen (secondary N) is 1. The molecule has 14 rings (SSSR count). The Morgan fingerprint density at radius 2 is 0.840 bits per heavy atom. The van der Waals surface area contributed by atoms with Crippen LogP contribution in [0.15, 0.2) is 127 Å². The average Bonchev–Trinajstić information content (AvgIpc) is 1.52. The van der Waals surface area contributed by atoms with Crippen LogP contribution >= 0.6 is 70.5 Å². The van der Waals surface area contributed by atoms with Gasteiger partial charge in [-0.1, -0.05) is 212 Å². The van der Waals surface area contributed by atoms with Crippen molar-refractivity contribution in [2.75, 3.05) is 19.8 Å². The van der Waals surface area contributed by atoms with Crippen LogP contribution < -0.4 is 45.9 Å². The molecule has 4 aliphatic carbocycles. The number of Topliss-reactive ketones (excluding diaryl/α,β-unsaturated/α-hetero) is 1. The molecule has 778 valence electrons. The molecule has 4 N–H and O–H groups in total. The molecule has 0 radical (unpaired) electrons. The fraction of sp³-hybridized carbons (Fsp3) is 0.556. The van der Waals surface area contributed by atoms with Crippen LogP contribution in [0.25, 0.3) is 21.5 Å². The first kappa shape index (κ1) is 120. The van der Waals surface area contributed by atoms with E-state index in [0.717, 1.165) is 166 Å². The van der Waals surface area contributed by atoms with Gasteiger partial charge in [-0.25, -0.2) is 4.79 Å². The third kappa shape index (κ3) is 41.7. The number of carboxylic acids is 2. The number of thiocarbonyl (C=S) groups is 1. The number of halogens is 3. The van der Waals surface area contributed by atoms with Gasteiger partial charge in [-0.2, -0.15) is 0 Å². The molecular formula is C108H142Cl3N10NaO19S3. The zero-order chi connectivity index (χ0) is 103. The summed E-state index contributed by atoms with van der Waals surface area (Å²) in [6.07, 6.45) is 15.8. The number of carbonyl (C=O) groups is 7. The van der Waals surface area contributed by atoms with E-state index in [-0.39, 0.29) is 164 Å². The van der Waals surface area contributed by atoms with Gasteiger partial charge in [-0.15, -0.1) is 32.8 Å². The first-order valence-corrected chi connectivity index (χ1v) is 52.4. The van der Waals surface area contributed by atoms with Gasteiger partial charge in [0.1, 0.15) is 32.6 Å². The smallest absolute Gasteiger partial charge is 0.550 e. The number of aryl methyl sites for hydroxylation is 1. The predicted octanol–water partition coefficient (Wildman–Crippen LogP) is 21.2. The summed E-state index contributed by atoms with van der Waals surface area (Å²) in [7, 11) is 0. The molecule has 6 heterocycles. The van der Waals surface area contributed by atoms with Crippen molar-refractivity contribution < 1.29 is 120 Å². The molecule has 0 spiro atoms. The van der Waals surface area contributed by atoms with Crippen LogP contribution in [0, 0.1) is 24.7 Å². The number of carboxylic acid groups (broad SMARTS) is 2. The molecule has 0 bridgehead atoms. The van der Waals surface area contributed by atoms with Crippen LogP contribution in [0.3, 0.4) is 0 Å². The first-order chi connectivity index (χ1) is 67.5. The van der Waals surface area contributed by atoms with Gasteiger partial charge in [0, 0.05) is 109 Å². The number of aliphatic carboxylic acids is 1. The van der Waals surface area contributed by atoms with Crippen molar-refractivity contribution in [3.63, 3.8) is 0 Å². The normalized spacial score (nSPS) is 14.3. The van der Waals surface area contributed by atoms with Crippen LogP contribution in [0.1, 0.15) is 390 Å². The molecule has 10 aromatic rings. The molecule has 4 atom stereocenters. The number of aromatic carboxylic acids is 1. The largest absolute Gasteiger partial charge is 1.00 e. The minimum Gasteiger partial charge on any atom is -0.550 e. The van der Waals surface area contributed by atoms with Crippen LogP contribution in [0.2, 0.25) is 5.02 Å². The molecule has 29 nitrogen and oxygen atoms in total. The van der Waals surface area contributed by atoms with E-state index in [1.165, 1.54) is 11.3 Å². The van der Waals surface area contributed by atoms with E-state index in [4.69, 9.17) is 87.8 Å². The fourth-order valence-electron chi connectivity index (χ4n) is 16.4. The predicted molar refractivity (Wildman–Crippen MR) is 555 cm³/mol. The summed E-state index contributed by atoms with van der Waals surface area (Å²) < 4.78 is 56.3. The van der Waals surface area contributed by atoms with E-state index >= 15 is 0 Å². The number of hydrazine groups is 1. The van der Waals surface area contributed by atoms with E-state index < -0.39 is 34.0 Å². The Balaban J connectivity index is 0.000000228. The second-order valence-electron chi connectivity index (χ2n) is 41.4. The maximum atomic E-state index is 13.1. The maximum Gasteiger partial charge on any atom is 1.00 e. The van der Waals surface area contributed by atoms with E-state index in [9.17, 15) is 43.8 Å². The Kier molecular flexibility index (Phi) is 49.1. The van der Waals surface area contributed by atoms with Gasteiger partial charge in [-0.05, 0) is 259 Å². The zero-order valence-electron chi connectivity index (χ0n) is 86.3. The number of hydrogen-bond acceptors (Lipinski definition) is 30. The standard InChI is InChI=1S/C29H39N3O4S.C26H30ClN3O4S.C24H30ClNO5.C24H31NO6.C5H12N2S.ClH.Na/c1-19(2)16-23-30-31-28(37-23)27-25(21-13-14-21)26(32-36-27)22(17-24(33)35-29(3,4)5)12-9-15-34-18-20-10-7-6-8-11-20;1-14(2)10-21-28-29-26(35-21)25-23(16-6-7-16)24(30-34-25)18(8-9-22(32)33)13-19(31)12-17-5-4-15(3)11-20(17)27;1-24(2,3)30-19(27)14-18(10-7-13-29-15-16-8-5-4-6-9-16)21-20(17-11-12-17)22(23(25)28)31-26-21;1-24(2,3)30-19(26)14-18(10-7-13-29-15-16-8-5-4-6-9-16)21-20(17-11-12-17)22(23(27)28)31-25-21;1-4(2)3-5(8)7-6;;/h6-8,10-11,19,21-22H,9,12-18H2,1-5H3;4-5,11,14,16,18H,6-10,12-13H2,1-3H3,(H,32,33);4-6,8-9,17-18H,7,10-15H2,1-3H3;4-6,8-9,17-18H,7,10-15H2,1-3H3,(H,27,28);4H,3,6H2,1-2H3,(H,7,8);1H;/q;;;;;;+1/p-1/t22-;3*18-;;;/m0000.../s1. The number of carbonyl (C=O) groups excluding carboxylic acids is 6. The molecule has 4 saturated carbocycles. The number of rotatable bonds is 49. The minimum atomic E-state index is -1.15. The summed E-state index contributed by atoms with van der Waals surface area (Å²) in [5, 5.41) is 58.7. The topological polar surface area (TPSA) is 412 Å². The first-order valence-electron chi connectivity index (χ1n) is 49.6. The number of benzene rings is 4. The van der Waals surface area contributed by atoms with Crippen LogP contribution in [0.5, 0.6) is 0 Å². The number of nitrogens with zero attached hydrogens (tertiary/aromatic N) is 8. The molecule has 4 fully saturated rings. The van der Waals surface area contributed by atoms with Crippen LogP contribution in [-0.4, -0.2) is 129 Å². The summed E-state index contributed by atoms with van der Waals surface area (Å²) in [6.45, 7) is 34.8. The average molecular weight is 2110 g/mol. The number of esters is 3. The molecule has 6 aromatic heterocycles. The Morgan fingerprint density at radius 1 is 0.493 bits per heavy atom. The van der Waals surface area contributed by atoms with Crippen molar-refractivity contribution in [1.82, 2.24) is 46.4 Å². The summed E-state index contributed by atoms with van der Waals surface area (Å²) in [6, 6.07) is 35.7. The summed E-state index contributed by atoms with van der Waals surface area (Å²) in [5.41, 5.74) is 12.1. The Morgan fingerprint density at radius 3 is 1.16 bits per heavy atom. The number of ketones is 1.